The molecule has 0 spiro atoms. The first-order chi connectivity index (χ1) is 12.5. The Morgan fingerprint density at radius 3 is 2.85 bits per heavy atom. The average molecular weight is 353 g/mol. The molecule has 7 nitrogen and oxygen atoms in total. The highest BCUT2D eigenvalue weighted by atomic mass is 19.1. The Balaban J connectivity index is 2.09. The number of anilines is 1. The van der Waals surface area contributed by atoms with Gasteiger partial charge in [0.1, 0.15) is 11.6 Å². The molecule has 4 rings (SSSR count). The van der Waals surface area contributed by atoms with E-state index in [0.717, 1.165) is 11.8 Å². The summed E-state index contributed by atoms with van der Waals surface area (Å²) < 4.78 is 15.8. The molecule has 0 aliphatic carbocycles. The number of nitrogens with one attached hydrogen (secondary N) is 1. The van der Waals surface area contributed by atoms with Crippen LogP contribution in [0.2, 0.25) is 0 Å². The van der Waals surface area contributed by atoms with Gasteiger partial charge in [-0.05, 0) is 23.8 Å². The zero-order valence-corrected chi connectivity index (χ0v) is 14.0. The van der Waals surface area contributed by atoms with Crippen molar-refractivity contribution in [3.8, 4) is 28.3 Å². The third-order valence-electron chi connectivity index (χ3n) is 4.48. The fourth-order valence-corrected chi connectivity index (χ4v) is 3.46. The number of benzene rings is 1. The second-order valence-corrected chi connectivity index (χ2v) is 6.11. The minimum Gasteiger partial charge on any atom is -0.508 e. The molecule has 0 unspecified atom stereocenters. The Kier molecular flexibility index (Phi) is 3.61. The van der Waals surface area contributed by atoms with Crippen LogP contribution in [0.1, 0.15) is 16.1 Å². The third kappa shape index (κ3) is 2.46. The lowest BCUT2D eigenvalue weighted by atomic mass is 9.96. The van der Waals surface area contributed by atoms with Crippen LogP contribution >= 0.6 is 0 Å². The van der Waals surface area contributed by atoms with E-state index >= 15 is 0 Å². The van der Waals surface area contributed by atoms with Gasteiger partial charge < -0.3 is 20.7 Å². The van der Waals surface area contributed by atoms with Crippen molar-refractivity contribution in [1.29, 1.82) is 0 Å². The molecule has 8 heteroatoms. The van der Waals surface area contributed by atoms with Gasteiger partial charge in [0.15, 0.2) is 0 Å². The Morgan fingerprint density at radius 2 is 2.12 bits per heavy atom. The van der Waals surface area contributed by atoms with Crippen LogP contribution in [-0.4, -0.2) is 32.1 Å². The minimum absolute atomic E-state index is 0.0964. The van der Waals surface area contributed by atoms with Crippen molar-refractivity contribution in [1.82, 2.24) is 19.9 Å². The highest BCUT2D eigenvalue weighted by Crippen LogP contribution is 2.40. The van der Waals surface area contributed by atoms with Crippen LogP contribution in [0.15, 0.2) is 30.5 Å². The number of carbonyl (C=O) groups excluding carboxylic acids is 1. The van der Waals surface area contributed by atoms with Crippen molar-refractivity contribution >= 4 is 11.9 Å². The van der Waals surface area contributed by atoms with Crippen LogP contribution in [0.4, 0.5) is 10.3 Å². The smallest absolute Gasteiger partial charge is 0.253 e. The van der Waals surface area contributed by atoms with Gasteiger partial charge in [0.2, 0.25) is 5.95 Å². The van der Waals surface area contributed by atoms with Crippen molar-refractivity contribution in [2.45, 2.75) is 6.42 Å². The molecule has 1 aliphatic rings. The monoisotopic (exact) mass is 353 g/mol. The number of phenolic OH excluding ortho intramolecular Hbond substituents is 1. The number of aromatic nitrogens is 3. The number of aromatic hydroxyl groups is 1. The summed E-state index contributed by atoms with van der Waals surface area (Å²) in [5.41, 5.74) is 9.03. The van der Waals surface area contributed by atoms with E-state index in [9.17, 15) is 14.3 Å². The molecule has 0 radical (unpaired) electrons. The summed E-state index contributed by atoms with van der Waals surface area (Å²) in [6.07, 6.45) is 2.16. The summed E-state index contributed by atoms with van der Waals surface area (Å²) >= 11 is 0. The van der Waals surface area contributed by atoms with Gasteiger partial charge in [-0.3, -0.25) is 4.79 Å². The van der Waals surface area contributed by atoms with Crippen LogP contribution in [0.5, 0.6) is 5.75 Å². The van der Waals surface area contributed by atoms with E-state index in [2.05, 4.69) is 15.3 Å². The number of rotatable bonds is 2. The normalized spacial score (nSPS) is 13.4. The van der Waals surface area contributed by atoms with E-state index < -0.39 is 5.82 Å². The summed E-state index contributed by atoms with van der Waals surface area (Å²) in [5, 5.41) is 12.7. The molecule has 3 aromatic rings. The van der Waals surface area contributed by atoms with Gasteiger partial charge in [-0.15, -0.1) is 0 Å². The lowest BCUT2D eigenvalue weighted by Crippen LogP contribution is -2.32. The summed E-state index contributed by atoms with van der Waals surface area (Å²) in [5.74, 6) is -0.961. The molecule has 3 heterocycles. The molecule has 0 saturated heterocycles. The maximum atomic E-state index is 13.9. The lowest BCUT2D eigenvalue weighted by Gasteiger charge is -2.15. The number of carbonyl (C=O) groups is 1. The first kappa shape index (κ1) is 16.1. The van der Waals surface area contributed by atoms with E-state index in [0.29, 0.717) is 41.0 Å². The fourth-order valence-electron chi connectivity index (χ4n) is 3.46. The maximum absolute atomic E-state index is 13.9. The topological polar surface area (TPSA) is 106 Å². The van der Waals surface area contributed by atoms with Crippen LogP contribution < -0.4 is 11.1 Å². The molecular formula is C18H16FN5O2. The van der Waals surface area contributed by atoms with Gasteiger partial charge in [-0.1, -0.05) is 0 Å². The van der Waals surface area contributed by atoms with E-state index in [1.807, 2.05) is 11.6 Å². The Hall–Kier alpha value is -3.42. The second kappa shape index (κ2) is 5.83. The number of halogens is 1. The van der Waals surface area contributed by atoms with Gasteiger partial charge in [0.25, 0.3) is 5.91 Å². The predicted octanol–water partition coefficient (Wildman–Crippen LogP) is 1.86. The molecule has 1 aromatic carbocycles. The van der Waals surface area contributed by atoms with E-state index in [1.54, 1.807) is 6.07 Å². The first-order valence-electron chi connectivity index (χ1n) is 8.04. The van der Waals surface area contributed by atoms with Crippen LogP contribution in [0.25, 0.3) is 22.5 Å². The van der Waals surface area contributed by atoms with Crippen LogP contribution in [0, 0.1) is 5.82 Å². The first-order valence-corrected chi connectivity index (χ1v) is 8.04. The number of nitrogens with zero attached hydrogens (tertiary/aromatic N) is 3. The summed E-state index contributed by atoms with van der Waals surface area (Å²) in [7, 11) is 1.83. The largest absolute Gasteiger partial charge is 0.508 e. The van der Waals surface area contributed by atoms with Crippen molar-refractivity contribution in [3.05, 3.63) is 47.5 Å². The molecule has 2 aromatic heterocycles. The standard InChI is InChI=1S/C18H16FN5O2/c1-24-13-3-5-21-17(26)15(13)14(9-6-10(19)8-11(25)7-9)16(24)12-2-4-22-18(20)23-12/h2,4,6-8,25H,3,5H2,1H3,(H,21,26)(H2,20,22,23). The fraction of sp³-hybridized carbons (Fsp3) is 0.167. The van der Waals surface area contributed by atoms with Crippen molar-refractivity contribution in [3.63, 3.8) is 0 Å². The molecule has 26 heavy (non-hydrogen) atoms. The number of hydrogen-bond donors (Lipinski definition) is 3. The quantitative estimate of drug-likeness (QED) is 0.652. The molecule has 0 bridgehead atoms. The number of fused-ring (bicyclic) bond motifs is 1. The molecule has 0 atom stereocenters. The highest BCUT2D eigenvalue weighted by molar-refractivity contribution is 6.06. The van der Waals surface area contributed by atoms with Gasteiger partial charge in [-0.2, -0.15) is 0 Å². The van der Waals surface area contributed by atoms with Crippen molar-refractivity contribution in [2.75, 3.05) is 12.3 Å². The molecular weight excluding hydrogens is 337 g/mol. The van der Waals surface area contributed by atoms with Crippen molar-refractivity contribution < 1.29 is 14.3 Å². The predicted molar refractivity (Wildman–Crippen MR) is 93.9 cm³/mol. The number of nitrogens with two attached hydrogens (primary N) is 1. The Labute approximate surface area is 148 Å². The number of amides is 1. The average Bonchev–Trinajstić information content (AvgIpc) is 2.88. The van der Waals surface area contributed by atoms with Gasteiger partial charge in [0.05, 0.1) is 17.0 Å². The molecule has 1 amide bonds. The zero-order valence-electron chi connectivity index (χ0n) is 14.0. The summed E-state index contributed by atoms with van der Waals surface area (Å²) in [6.45, 7) is 0.517. The second-order valence-electron chi connectivity index (χ2n) is 6.11. The SMILES string of the molecule is Cn1c2c(c(-c3cc(O)cc(F)c3)c1-c1ccnc(N)n1)C(=O)NCC2. The minimum atomic E-state index is -0.595. The molecule has 4 N–H and O–H groups in total. The van der Waals surface area contributed by atoms with E-state index in [4.69, 9.17) is 5.73 Å². The van der Waals surface area contributed by atoms with Gasteiger partial charge in [0, 0.05) is 43.5 Å². The van der Waals surface area contributed by atoms with Gasteiger partial charge in [-0.25, -0.2) is 14.4 Å². The highest BCUT2D eigenvalue weighted by Gasteiger charge is 2.30. The molecule has 1 aliphatic heterocycles. The lowest BCUT2D eigenvalue weighted by molar-refractivity contribution is 0.0946. The number of phenols is 1. The summed E-state index contributed by atoms with van der Waals surface area (Å²) in [4.78, 5) is 20.7. The Bertz CT molecular complexity index is 1020. The van der Waals surface area contributed by atoms with E-state index in [-0.39, 0.29) is 17.6 Å². The number of nitrogen functional groups attached to an aromatic ring is 1. The maximum Gasteiger partial charge on any atom is 0.253 e. The van der Waals surface area contributed by atoms with E-state index in [1.165, 1.54) is 18.3 Å². The summed E-state index contributed by atoms with van der Waals surface area (Å²) in [6, 6.07) is 5.40. The van der Waals surface area contributed by atoms with Crippen LogP contribution in [0.3, 0.4) is 0 Å². The Morgan fingerprint density at radius 1 is 1.31 bits per heavy atom. The molecule has 132 valence electrons. The van der Waals surface area contributed by atoms with Crippen molar-refractivity contribution in [2.24, 2.45) is 7.05 Å². The zero-order chi connectivity index (χ0) is 18.4. The molecule has 0 saturated carbocycles. The number of hydrogen-bond acceptors (Lipinski definition) is 5. The van der Waals surface area contributed by atoms with Gasteiger partial charge >= 0.3 is 0 Å². The molecule has 0 fully saturated rings. The van der Waals surface area contributed by atoms with Crippen LogP contribution in [-0.2, 0) is 13.5 Å². The third-order valence-corrected chi connectivity index (χ3v) is 4.48.